The van der Waals surface area contributed by atoms with Crippen LogP contribution in [0.25, 0.3) is 0 Å². The number of rotatable bonds is 2. The summed E-state index contributed by atoms with van der Waals surface area (Å²) < 4.78 is 0. The van der Waals surface area contributed by atoms with E-state index in [2.05, 4.69) is 31.4 Å². The highest BCUT2D eigenvalue weighted by molar-refractivity contribution is 7.80. The summed E-state index contributed by atoms with van der Waals surface area (Å²) in [5.74, 6) is -0.00286. The number of piperazine rings is 1. The van der Waals surface area contributed by atoms with Gasteiger partial charge in [0.1, 0.15) is 5.69 Å². The number of nitriles is 1. The Morgan fingerprint density at radius 2 is 1.90 bits per heavy atom. The van der Waals surface area contributed by atoms with Gasteiger partial charge in [0.15, 0.2) is 5.11 Å². The van der Waals surface area contributed by atoms with Crippen LogP contribution in [0.3, 0.4) is 0 Å². The van der Waals surface area contributed by atoms with E-state index in [1.165, 1.54) is 0 Å². The van der Waals surface area contributed by atoms with Crippen molar-refractivity contribution < 1.29 is 4.79 Å². The molecule has 0 atom stereocenters. The van der Waals surface area contributed by atoms with Gasteiger partial charge in [-0.1, -0.05) is 0 Å². The number of nitrogens with zero attached hydrogens (tertiary/aromatic N) is 6. The zero-order chi connectivity index (χ0) is 21.8. The fourth-order valence-electron chi connectivity index (χ4n) is 3.83. The molecule has 1 aromatic heterocycles. The molecule has 1 fully saturated rings. The number of amides is 1. The Morgan fingerprint density at radius 3 is 2.58 bits per heavy atom. The molecule has 9 heteroatoms. The first kappa shape index (κ1) is 20.8. The van der Waals surface area contributed by atoms with Crippen molar-refractivity contribution >= 4 is 40.3 Å². The van der Waals surface area contributed by atoms with E-state index in [1.54, 1.807) is 18.0 Å². The number of carbonyl (C=O) groups excluding carboxylic acids is 1. The van der Waals surface area contributed by atoms with Gasteiger partial charge in [-0.3, -0.25) is 15.2 Å². The standard InChI is InChI=1S/C22H23N7OS/c1-16(30)29-10-8-19(21-20(29)3-2-9-24-21)25-26-22(31)28-13-11-27(12-14-28)18-6-4-17(15-23)5-7-18/h2-7,9H,8,10-14H2,1H3,(H,26,31)/b25-19-. The first-order valence-electron chi connectivity index (χ1n) is 10.2. The van der Waals surface area contributed by atoms with E-state index >= 15 is 0 Å². The minimum atomic E-state index is -0.00286. The summed E-state index contributed by atoms with van der Waals surface area (Å²) in [5.41, 5.74) is 7.09. The van der Waals surface area contributed by atoms with Crippen LogP contribution in [-0.2, 0) is 4.79 Å². The van der Waals surface area contributed by atoms with E-state index in [1.807, 2.05) is 36.4 Å². The van der Waals surface area contributed by atoms with Gasteiger partial charge in [-0.05, 0) is 48.6 Å². The number of hydrazone groups is 1. The smallest absolute Gasteiger partial charge is 0.223 e. The molecule has 2 aromatic rings. The maximum absolute atomic E-state index is 11.9. The van der Waals surface area contributed by atoms with Gasteiger partial charge in [0, 0.05) is 58.0 Å². The Kier molecular flexibility index (Phi) is 6.09. The lowest BCUT2D eigenvalue weighted by Gasteiger charge is -2.37. The maximum atomic E-state index is 11.9. The molecule has 1 N–H and O–H groups in total. The molecule has 31 heavy (non-hydrogen) atoms. The second kappa shape index (κ2) is 9.10. The molecule has 3 heterocycles. The van der Waals surface area contributed by atoms with E-state index in [0.29, 0.717) is 29.3 Å². The molecule has 1 amide bonds. The molecule has 4 rings (SSSR count). The first-order chi connectivity index (χ1) is 15.1. The zero-order valence-corrected chi connectivity index (χ0v) is 18.1. The van der Waals surface area contributed by atoms with E-state index in [9.17, 15) is 4.79 Å². The van der Waals surface area contributed by atoms with E-state index in [-0.39, 0.29) is 5.91 Å². The second-order valence-corrected chi connectivity index (χ2v) is 7.79. The summed E-state index contributed by atoms with van der Waals surface area (Å²) in [5, 5.41) is 14.1. The summed E-state index contributed by atoms with van der Waals surface area (Å²) in [7, 11) is 0. The van der Waals surface area contributed by atoms with Crippen LogP contribution in [0.4, 0.5) is 11.4 Å². The number of hydrogen-bond donors (Lipinski definition) is 1. The van der Waals surface area contributed by atoms with Crippen molar-refractivity contribution in [2.45, 2.75) is 13.3 Å². The summed E-state index contributed by atoms with van der Waals surface area (Å²) in [6, 6.07) is 13.5. The Hall–Kier alpha value is -3.51. The fourth-order valence-corrected chi connectivity index (χ4v) is 4.06. The number of nitrogens with one attached hydrogen (secondary N) is 1. The average molecular weight is 434 g/mol. The van der Waals surface area contributed by atoms with Crippen molar-refractivity contribution in [3.05, 3.63) is 53.9 Å². The molecule has 1 saturated heterocycles. The third kappa shape index (κ3) is 4.49. The molecule has 1 aromatic carbocycles. The zero-order valence-electron chi connectivity index (χ0n) is 17.3. The number of fused-ring (bicyclic) bond motifs is 1. The highest BCUT2D eigenvalue weighted by Crippen LogP contribution is 2.25. The monoisotopic (exact) mass is 433 g/mol. The Balaban J connectivity index is 1.37. The molecule has 8 nitrogen and oxygen atoms in total. The average Bonchev–Trinajstić information content (AvgIpc) is 2.82. The van der Waals surface area contributed by atoms with Crippen LogP contribution in [0.5, 0.6) is 0 Å². The lowest BCUT2D eigenvalue weighted by atomic mass is 10.1. The van der Waals surface area contributed by atoms with Gasteiger partial charge in [-0.25, -0.2) is 0 Å². The normalized spacial score (nSPS) is 17.2. The van der Waals surface area contributed by atoms with Crippen LogP contribution in [0, 0.1) is 11.3 Å². The summed E-state index contributed by atoms with van der Waals surface area (Å²) >= 11 is 5.56. The van der Waals surface area contributed by atoms with Crippen molar-refractivity contribution in [1.29, 1.82) is 5.26 Å². The van der Waals surface area contributed by atoms with Gasteiger partial charge in [-0.2, -0.15) is 10.4 Å². The van der Waals surface area contributed by atoms with Crippen molar-refractivity contribution in [2.24, 2.45) is 5.10 Å². The minimum Gasteiger partial charge on any atom is -0.368 e. The van der Waals surface area contributed by atoms with Crippen molar-refractivity contribution in [3.63, 3.8) is 0 Å². The van der Waals surface area contributed by atoms with Gasteiger partial charge in [0.05, 0.1) is 23.0 Å². The maximum Gasteiger partial charge on any atom is 0.223 e. The van der Waals surface area contributed by atoms with Gasteiger partial charge in [0.2, 0.25) is 5.91 Å². The summed E-state index contributed by atoms with van der Waals surface area (Å²) in [6.07, 6.45) is 2.32. The van der Waals surface area contributed by atoms with Crippen LogP contribution in [0.1, 0.15) is 24.6 Å². The number of thiocarbonyl (C=S) groups is 1. The number of carbonyl (C=O) groups is 1. The fraction of sp³-hybridized carbons (Fsp3) is 0.318. The molecule has 0 spiro atoms. The largest absolute Gasteiger partial charge is 0.368 e. The quantitative estimate of drug-likeness (QED) is 0.573. The summed E-state index contributed by atoms with van der Waals surface area (Å²) in [6.45, 7) is 5.37. The van der Waals surface area contributed by atoms with Crippen molar-refractivity contribution in [1.82, 2.24) is 15.3 Å². The van der Waals surface area contributed by atoms with Gasteiger partial charge >= 0.3 is 0 Å². The van der Waals surface area contributed by atoms with E-state index < -0.39 is 0 Å². The topological polar surface area (TPSA) is 87.9 Å². The van der Waals surface area contributed by atoms with Gasteiger partial charge < -0.3 is 14.7 Å². The molecular weight excluding hydrogens is 410 g/mol. The predicted octanol–water partition coefficient (Wildman–Crippen LogP) is 2.11. The number of benzene rings is 1. The van der Waals surface area contributed by atoms with Crippen molar-refractivity contribution in [3.8, 4) is 6.07 Å². The molecule has 0 aliphatic carbocycles. The lowest BCUT2D eigenvalue weighted by molar-refractivity contribution is -0.116. The second-order valence-electron chi connectivity index (χ2n) is 7.40. The van der Waals surface area contributed by atoms with E-state index in [4.69, 9.17) is 17.5 Å². The van der Waals surface area contributed by atoms with Crippen LogP contribution < -0.4 is 15.2 Å². The highest BCUT2D eigenvalue weighted by Gasteiger charge is 2.25. The molecule has 0 radical (unpaired) electrons. The third-order valence-corrected chi connectivity index (χ3v) is 5.87. The van der Waals surface area contributed by atoms with Crippen LogP contribution in [0.15, 0.2) is 47.7 Å². The molecule has 2 aliphatic rings. The molecule has 0 bridgehead atoms. The molecule has 0 saturated carbocycles. The lowest BCUT2D eigenvalue weighted by Crippen LogP contribution is -2.51. The highest BCUT2D eigenvalue weighted by atomic mass is 32.1. The number of anilines is 2. The van der Waals surface area contributed by atoms with Gasteiger partial charge in [0.25, 0.3) is 0 Å². The minimum absolute atomic E-state index is 0.00286. The third-order valence-electron chi connectivity index (χ3n) is 5.52. The molecule has 0 unspecified atom stereocenters. The SMILES string of the molecule is CC(=O)N1CC/C(=N/NC(=S)N2CCN(c3ccc(C#N)cc3)CC2)c2ncccc21. The Bertz CT molecular complexity index is 1050. The van der Waals surface area contributed by atoms with Crippen LogP contribution in [-0.4, -0.2) is 59.3 Å². The molecule has 2 aliphatic heterocycles. The summed E-state index contributed by atoms with van der Waals surface area (Å²) in [4.78, 5) is 22.4. The number of pyridine rings is 1. The van der Waals surface area contributed by atoms with Crippen molar-refractivity contribution in [2.75, 3.05) is 42.5 Å². The van der Waals surface area contributed by atoms with Gasteiger partial charge in [-0.15, -0.1) is 0 Å². The number of aromatic nitrogens is 1. The van der Waals surface area contributed by atoms with E-state index in [0.717, 1.165) is 43.3 Å². The Labute approximate surface area is 186 Å². The van der Waals surface area contributed by atoms with Crippen LogP contribution >= 0.6 is 12.2 Å². The predicted molar refractivity (Wildman–Crippen MR) is 124 cm³/mol. The number of hydrogen-bond acceptors (Lipinski definition) is 6. The first-order valence-corrected chi connectivity index (χ1v) is 10.6. The Morgan fingerprint density at radius 1 is 1.16 bits per heavy atom. The molecular formula is C22H23N7OS. The molecule has 158 valence electrons. The van der Waals surface area contributed by atoms with Crippen LogP contribution in [0.2, 0.25) is 0 Å².